The summed E-state index contributed by atoms with van der Waals surface area (Å²) in [4.78, 5) is 27.8. The van der Waals surface area contributed by atoms with Crippen LogP contribution in [-0.2, 0) is 26.2 Å². The molecule has 2 rings (SSSR count). The van der Waals surface area contributed by atoms with E-state index in [4.69, 9.17) is 9.47 Å². The van der Waals surface area contributed by atoms with E-state index >= 15 is 0 Å². The molecule has 2 atom stereocenters. The van der Waals surface area contributed by atoms with Crippen molar-refractivity contribution in [2.45, 2.75) is 58.7 Å². The monoisotopic (exact) mass is 533 g/mol. The van der Waals surface area contributed by atoms with Crippen LogP contribution in [0.1, 0.15) is 45.6 Å². The molecule has 0 saturated heterocycles. The molecule has 0 heterocycles. The van der Waals surface area contributed by atoms with Gasteiger partial charge in [-0.2, -0.15) is 0 Å². The lowest BCUT2D eigenvalue weighted by Gasteiger charge is -2.30. The van der Waals surface area contributed by atoms with E-state index in [1.165, 1.54) is 16.3 Å². The third kappa shape index (κ3) is 8.96. The molecule has 10 heteroatoms. The molecule has 2 amide bonds. The number of carbonyl (C=O) groups is 2. The molecule has 204 valence electrons. The first-order chi connectivity index (χ1) is 17.5. The van der Waals surface area contributed by atoms with E-state index < -0.39 is 16.1 Å². The van der Waals surface area contributed by atoms with E-state index in [9.17, 15) is 18.0 Å². The van der Waals surface area contributed by atoms with Crippen LogP contribution in [0.25, 0.3) is 0 Å². The summed E-state index contributed by atoms with van der Waals surface area (Å²) in [5.74, 6) is 0.854. The maximum Gasteiger partial charge on any atom is 0.242 e. The molecule has 0 aliphatic carbocycles. The van der Waals surface area contributed by atoms with Crippen molar-refractivity contribution in [3.05, 3.63) is 54.1 Å². The van der Waals surface area contributed by atoms with Crippen LogP contribution in [0, 0.1) is 0 Å². The fourth-order valence-corrected chi connectivity index (χ4v) is 4.69. The molecular formula is C27H39N3O6S. The van der Waals surface area contributed by atoms with Gasteiger partial charge in [-0.25, -0.2) is 8.42 Å². The fourth-order valence-electron chi connectivity index (χ4n) is 3.73. The zero-order valence-corrected chi connectivity index (χ0v) is 23.4. The Labute approximate surface area is 220 Å². The third-order valence-electron chi connectivity index (χ3n) is 6.19. The summed E-state index contributed by atoms with van der Waals surface area (Å²) in [5, 5.41) is 2.94. The van der Waals surface area contributed by atoms with Gasteiger partial charge in [0, 0.05) is 25.6 Å². The summed E-state index contributed by atoms with van der Waals surface area (Å²) < 4.78 is 36.5. The van der Waals surface area contributed by atoms with Crippen LogP contribution in [0.5, 0.6) is 11.5 Å². The second-order valence-electron chi connectivity index (χ2n) is 9.00. The second-order valence-corrected chi connectivity index (χ2v) is 10.9. The SMILES string of the molecule is CC[C@H](C)NC(=O)[C@@H](C)N(Cc1ccc(OC)cc1)C(=O)CCCN(c1ccc(OC)cc1)S(C)(=O)=O. The summed E-state index contributed by atoms with van der Waals surface area (Å²) in [6.45, 7) is 5.97. The Balaban J connectivity index is 2.17. The van der Waals surface area contributed by atoms with Crippen molar-refractivity contribution in [3.63, 3.8) is 0 Å². The van der Waals surface area contributed by atoms with Gasteiger partial charge in [-0.3, -0.25) is 13.9 Å². The second kappa shape index (κ2) is 13.9. The lowest BCUT2D eigenvalue weighted by molar-refractivity contribution is -0.140. The lowest BCUT2D eigenvalue weighted by atomic mass is 10.1. The number of hydrogen-bond donors (Lipinski definition) is 1. The molecule has 0 aliphatic rings. The number of benzene rings is 2. The normalized spacial score (nSPS) is 12.8. The van der Waals surface area contributed by atoms with Gasteiger partial charge < -0.3 is 19.7 Å². The first-order valence-electron chi connectivity index (χ1n) is 12.3. The van der Waals surface area contributed by atoms with Crippen LogP contribution in [0.3, 0.4) is 0 Å². The van der Waals surface area contributed by atoms with Crippen LogP contribution < -0.4 is 19.1 Å². The summed E-state index contributed by atoms with van der Waals surface area (Å²) in [6, 6.07) is 13.3. The van der Waals surface area contributed by atoms with Crippen molar-refractivity contribution >= 4 is 27.5 Å². The maximum absolute atomic E-state index is 13.4. The number of nitrogens with one attached hydrogen (secondary N) is 1. The standard InChI is InChI=1S/C27H39N3O6S/c1-7-20(2)28-27(32)21(3)29(19-22-10-14-24(35-4)15-11-22)26(31)9-8-18-30(37(6,33)34)23-12-16-25(36-5)17-13-23/h10-17,20-21H,7-9,18-19H2,1-6H3,(H,28,32)/t20-,21+/m0/s1. The van der Waals surface area contributed by atoms with Gasteiger partial charge in [0.15, 0.2) is 0 Å². The molecule has 0 radical (unpaired) electrons. The molecule has 2 aromatic carbocycles. The van der Waals surface area contributed by atoms with Gasteiger partial charge in [-0.15, -0.1) is 0 Å². The zero-order chi connectivity index (χ0) is 27.6. The summed E-state index contributed by atoms with van der Waals surface area (Å²) in [7, 11) is -0.446. The molecule has 0 unspecified atom stereocenters. The quantitative estimate of drug-likeness (QED) is 0.398. The molecular weight excluding hydrogens is 494 g/mol. The highest BCUT2D eigenvalue weighted by Gasteiger charge is 2.27. The number of amides is 2. The average Bonchev–Trinajstić information content (AvgIpc) is 2.88. The van der Waals surface area contributed by atoms with Gasteiger partial charge in [0.25, 0.3) is 0 Å². The summed E-state index contributed by atoms with van der Waals surface area (Å²) >= 11 is 0. The number of methoxy groups -OCH3 is 2. The third-order valence-corrected chi connectivity index (χ3v) is 7.39. The molecule has 0 saturated carbocycles. The van der Waals surface area contributed by atoms with E-state index in [2.05, 4.69) is 5.32 Å². The largest absolute Gasteiger partial charge is 0.497 e. The highest BCUT2D eigenvalue weighted by atomic mass is 32.2. The number of anilines is 1. The maximum atomic E-state index is 13.4. The van der Waals surface area contributed by atoms with E-state index in [0.717, 1.165) is 18.2 Å². The molecule has 0 bridgehead atoms. The smallest absolute Gasteiger partial charge is 0.242 e. The minimum Gasteiger partial charge on any atom is -0.497 e. The first kappa shape index (κ1) is 30.0. The van der Waals surface area contributed by atoms with Crippen molar-refractivity contribution in [1.82, 2.24) is 10.2 Å². The predicted molar refractivity (Wildman–Crippen MR) is 145 cm³/mol. The first-order valence-corrected chi connectivity index (χ1v) is 14.2. The fraction of sp³-hybridized carbons (Fsp3) is 0.481. The van der Waals surface area contributed by atoms with Crippen LogP contribution >= 0.6 is 0 Å². The Kier molecular flexibility index (Phi) is 11.2. The van der Waals surface area contributed by atoms with E-state index in [0.29, 0.717) is 17.2 Å². The minimum absolute atomic E-state index is 0.0132. The zero-order valence-electron chi connectivity index (χ0n) is 22.6. The van der Waals surface area contributed by atoms with Crippen LogP contribution in [-0.4, -0.2) is 64.2 Å². The van der Waals surface area contributed by atoms with Gasteiger partial charge in [-0.1, -0.05) is 19.1 Å². The molecule has 0 aliphatic heterocycles. The van der Waals surface area contributed by atoms with E-state index in [1.807, 2.05) is 26.0 Å². The predicted octanol–water partition coefficient (Wildman–Crippen LogP) is 3.58. The molecule has 1 N–H and O–H groups in total. The Morgan fingerprint density at radius 2 is 1.49 bits per heavy atom. The van der Waals surface area contributed by atoms with Gasteiger partial charge in [0.05, 0.1) is 26.2 Å². The number of sulfonamides is 1. The van der Waals surface area contributed by atoms with Crippen molar-refractivity contribution in [2.24, 2.45) is 0 Å². The van der Waals surface area contributed by atoms with Gasteiger partial charge in [0.2, 0.25) is 21.8 Å². The van der Waals surface area contributed by atoms with Gasteiger partial charge in [0.1, 0.15) is 17.5 Å². The minimum atomic E-state index is -3.57. The Bertz CT molecular complexity index is 1120. The molecule has 2 aromatic rings. The van der Waals surface area contributed by atoms with Crippen molar-refractivity contribution < 1.29 is 27.5 Å². The van der Waals surface area contributed by atoms with Crippen LogP contribution in [0.2, 0.25) is 0 Å². The van der Waals surface area contributed by atoms with Crippen molar-refractivity contribution in [1.29, 1.82) is 0 Å². The Morgan fingerprint density at radius 3 is 1.97 bits per heavy atom. The molecule has 9 nitrogen and oxygen atoms in total. The highest BCUT2D eigenvalue weighted by molar-refractivity contribution is 7.92. The number of hydrogen-bond acceptors (Lipinski definition) is 6. The molecule has 0 fully saturated rings. The van der Waals surface area contributed by atoms with E-state index in [1.54, 1.807) is 50.4 Å². The number of ether oxygens (including phenoxy) is 2. The number of carbonyl (C=O) groups excluding carboxylic acids is 2. The Hall–Kier alpha value is -3.27. The van der Waals surface area contributed by atoms with Gasteiger partial charge >= 0.3 is 0 Å². The van der Waals surface area contributed by atoms with Gasteiger partial charge in [-0.05, 0) is 68.7 Å². The lowest BCUT2D eigenvalue weighted by Crippen LogP contribution is -2.49. The number of rotatable bonds is 14. The summed E-state index contributed by atoms with van der Waals surface area (Å²) in [6.07, 6.45) is 2.28. The number of nitrogens with zero attached hydrogens (tertiary/aromatic N) is 2. The molecule has 0 spiro atoms. The van der Waals surface area contributed by atoms with Crippen LogP contribution in [0.15, 0.2) is 48.5 Å². The van der Waals surface area contributed by atoms with Crippen LogP contribution in [0.4, 0.5) is 5.69 Å². The van der Waals surface area contributed by atoms with Crippen molar-refractivity contribution in [3.8, 4) is 11.5 Å². The molecule has 37 heavy (non-hydrogen) atoms. The highest BCUT2D eigenvalue weighted by Crippen LogP contribution is 2.22. The molecule has 0 aromatic heterocycles. The van der Waals surface area contributed by atoms with Crippen molar-refractivity contribution in [2.75, 3.05) is 31.3 Å². The van der Waals surface area contributed by atoms with E-state index in [-0.39, 0.29) is 43.8 Å². The summed E-state index contributed by atoms with van der Waals surface area (Å²) in [5.41, 5.74) is 1.35. The average molecular weight is 534 g/mol. The topological polar surface area (TPSA) is 105 Å². The Morgan fingerprint density at radius 1 is 0.946 bits per heavy atom.